The van der Waals surface area contributed by atoms with Crippen molar-refractivity contribution in [2.45, 2.75) is 11.0 Å². The summed E-state index contributed by atoms with van der Waals surface area (Å²) in [5, 5.41) is 8.38. The van der Waals surface area contributed by atoms with Gasteiger partial charge in [0.1, 0.15) is 0 Å². The molecule has 0 radical (unpaired) electrons. The van der Waals surface area contributed by atoms with Crippen LogP contribution < -0.4 is 0 Å². The summed E-state index contributed by atoms with van der Waals surface area (Å²) >= 11 is 0. The Hall–Kier alpha value is -0.220. The molecule has 0 aromatic rings. The van der Waals surface area contributed by atoms with Crippen molar-refractivity contribution in [3.8, 4) is 0 Å². The molecule has 0 aliphatic heterocycles. The Bertz CT molecular complexity index is 316. The minimum atomic E-state index is -5.06. The predicted octanol–water partition coefficient (Wildman–Crippen LogP) is -1.53. The Labute approximate surface area is 69.5 Å². The van der Waals surface area contributed by atoms with Gasteiger partial charge in [0.05, 0.1) is 6.61 Å². The van der Waals surface area contributed by atoms with Crippen LogP contribution in [0.15, 0.2) is 0 Å². The normalized spacial score (nSPS) is 14.7. The minimum absolute atomic E-state index is 0.484. The lowest BCUT2D eigenvalue weighted by molar-refractivity contribution is 0.266. The van der Waals surface area contributed by atoms with Gasteiger partial charge in [-0.1, -0.05) is 0 Å². The third kappa shape index (κ3) is 1.75. The fraction of sp³-hybridized carbons (Fsp3) is 1.00. The van der Waals surface area contributed by atoms with E-state index >= 15 is 0 Å². The van der Waals surface area contributed by atoms with Gasteiger partial charge in [0, 0.05) is 0 Å². The molecule has 0 rings (SSSR count). The van der Waals surface area contributed by atoms with Gasteiger partial charge in [0.2, 0.25) is 4.08 Å². The van der Waals surface area contributed by atoms with Crippen molar-refractivity contribution in [3.63, 3.8) is 0 Å². The summed E-state index contributed by atoms with van der Waals surface area (Å²) < 4.78 is 55.3. The molecule has 0 aliphatic rings. The molecule has 0 atom stereocenters. The van der Waals surface area contributed by atoms with Crippen LogP contribution in [-0.2, 0) is 20.2 Å². The molecule has 0 spiro atoms. The van der Waals surface area contributed by atoms with Gasteiger partial charge in [0.25, 0.3) is 20.2 Å². The molecule has 0 bridgehead atoms. The number of aliphatic hydroxyl groups excluding tert-OH is 1. The topological polar surface area (TPSA) is 129 Å². The smallest absolute Gasteiger partial charge is 0.289 e. The molecular formula is C3H8O7S2. The molecule has 0 heterocycles. The maximum Gasteiger partial charge on any atom is 0.289 e. The molecule has 3 N–H and O–H groups in total. The summed E-state index contributed by atoms with van der Waals surface area (Å²) in [4.78, 5) is 0. The molecule has 0 aromatic heterocycles. The zero-order valence-electron chi connectivity index (χ0n) is 6.00. The first-order chi connectivity index (χ1) is 5.06. The zero-order valence-corrected chi connectivity index (χ0v) is 7.63. The highest BCUT2D eigenvalue weighted by molar-refractivity contribution is 8.05. The predicted molar refractivity (Wildman–Crippen MR) is 38.6 cm³/mol. The van der Waals surface area contributed by atoms with Crippen LogP contribution in [0.2, 0.25) is 0 Å². The van der Waals surface area contributed by atoms with Crippen LogP contribution in [0, 0.1) is 0 Å². The van der Waals surface area contributed by atoms with E-state index in [0.29, 0.717) is 6.92 Å². The first kappa shape index (κ1) is 11.8. The third-order valence-electron chi connectivity index (χ3n) is 1.38. The van der Waals surface area contributed by atoms with Crippen LogP contribution in [0.3, 0.4) is 0 Å². The molecule has 0 unspecified atom stereocenters. The van der Waals surface area contributed by atoms with E-state index in [1.54, 1.807) is 0 Å². The van der Waals surface area contributed by atoms with Crippen molar-refractivity contribution >= 4 is 20.2 Å². The molecule has 0 aromatic carbocycles. The highest BCUT2D eigenvalue weighted by Crippen LogP contribution is 2.21. The number of aliphatic hydroxyl groups is 1. The maximum absolute atomic E-state index is 10.4. The molecule has 9 heteroatoms. The second kappa shape index (κ2) is 2.92. The van der Waals surface area contributed by atoms with E-state index in [-0.39, 0.29) is 0 Å². The quantitative estimate of drug-likeness (QED) is 0.492. The first-order valence-electron chi connectivity index (χ1n) is 2.61. The van der Waals surface area contributed by atoms with Gasteiger partial charge in [-0.05, 0) is 6.92 Å². The summed E-state index contributed by atoms with van der Waals surface area (Å²) in [6.45, 7) is -0.942. The average Bonchev–Trinajstić information content (AvgIpc) is 1.81. The van der Waals surface area contributed by atoms with E-state index in [0.717, 1.165) is 0 Å². The summed E-state index contributed by atoms with van der Waals surface area (Å²) in [6.07, 6.45) is 0. The van der Waals surface area contributed by atoms with Crippen LogP contribution in [0.4, 0.5) is 0 Å². The molecule has 7 nitrogen and oxygen atoms in total. The second-order valence-corrected chi connectivity index (χ2v) is 6.20. The van der Waals surface area contributed by atoms with Crippen molar-refractivity contribution in [3.05, 3.63) is 0 Å². The van der Waals surface area contributed by atoms with Gasteiger partial charge in [-0.15, -0.1) is 0 Å². The van der Waals surface area contributed by atoms with Crippen molar-refractivity contribution in [2.75, 3.05) is 6.61 Å². The Kier molecular flexibility index (Phi) is 2.87. The average molecular weight is 220 g/mol. The highest BCUT2D eigenvalue weighted by atomic mass is 32.3. The Morgan fingerprint density at radius 3 is 1.33 bits per heavy atom. The maximum atomic E-state index is 10.4. The summed E-state index contributed by atoms with van der Waals surface area (Å²) in [6, 6.07) is 0. The van der Waals surface area contributed by atoms with Crippen LogP contribution >= 0.6 is 0 Å². The molecule has 0 saturated carbocycles. The van der Waals surface area contributed by atoms with E-state index in [9.17, 15) is 16.8 Å². The summed E-state index contributed by atoms with van der Waals surface area (Å²) in [5.41, 5.74) is 0. The number of hydrogen-bond donors (Lipinski definition) is 3. The lowest BCUT2D eigenvalue weighted by Crippen LogP contribution is -2.46. The summed E-state index contributed by atoms with van der Waals surface area (Å²) in [5.74, 6) is 0. The highest BCUT2D eigenvalue weighted by Gasteiger charge is 2.49. The third-order valence-corrected chi connectivity index (χ3v) is 5.08. The van der Waals surface area contributed by atoms with Gasteiger partial charge in [0.15, 0.2) is 0 Å². The lowest BCUT2D eigenvalue weighted by Gasteiger charge is -2.19. The van der Waals surface area contributed by atoms with Gasteiger partial charge in [-0.25, -0.2) is 0 Å². The first-order valence-corrected chi connectivity index (χ1v) is 5.49. The van der Waals surface area contributed by atoms with Crippen molar-refractivity contribution < 1.29 is 31.0 Å². The molecule has 0 aliphatic carbocycles. The van der Waals surface area contributed by atoms with Crippen LogP contribution in [0.5, 0.6) is 0 Å². The van der Waals surface area contributed by atoms with E-state index in [1.807, 2.05) is 0 Å². The SMILES string of the molecule is CC(CO)(S(=O)(=O)O)S(=O)(=O)O. The monoisotopic (exact) mass is 220 g/mol. The standard InChI is InChI=1S/C3H8O7S2/c1-3(2-4,11(5,6)7)12(8,9)10/h4H,2H2,1H3,(H,5,6,7)(H,8,9,10). The Morgan fingerprint density at radius 1 is 1.08 bits per heavy atom. The lowest BCUT2D eigenvalue weighted by atomic mass is 10.5. The minimum Gasteiger partial charge on any atom is -0.393 e. The molecule has 74 valence electrons. The van der Waals surface area contributed by atoms with Gasteiger partial charge >= 0.3 is 0 Å². The molecule has 0 fully saturated rings. The van der Waals surface area contributed by atoms with Gasteiger partial charge < -0.3 is 5.11 Å². The van der Waals surface area contributed by atoms with Gasteiger partial charge in [-0.3, -0.25) is 9.11 Å². The van der Waals surface area contributed by atoms with E-state index < -0.39 is 30.9 Å². The van der Waals surface area contributed by atoms with Crippen LogP contribution in [0.25, 0.3) is 0 Å². The molecular weight excluding hydrogens is 212 g/mol. The number of rotatable bonds is 3. The van der Waals surface area contributed by atoms with Gasteiger partial charge in [-0.2, -0.15) is 16.8 Å². The Balaban J connectivity index is 5.58. The Morgan fingerprint density at radius 2 is 1.33 bits per heavy atom. The molecule has 12 heavy (non-hydrogen) atoms. The fourth-order valence-corrected chi connectivity index (χ4v) is 1.69. The van der Waals surface area contributed by atoms with E-state index in [2.05, 4.69) is 0 Å². The zero-order chi connectivity index (χ0) is 10.2. The largest absolute Gasteiger partial charge is 0.393 e. The molecule has 0 amide bonds. The van der Waals surface area contributed by atoms with Crippen molar-refractivity contribution in [2.24, 2.45) is 0 Å². The van der Waals surface area contributed by atoms with Crippen molar-refractivity contribution in [1.82, 2.24) is 0 Å². The number of hydrogen-bond acceptors (Lipinski definition) is 5. The van der Waals surface area contributed by atoms with Crippen molar-refractivity contribution in [1.29, 1.82) is 0 Å². The van der Waals surface area contributed by atoms with E-state index in [1.165, 1.54) is 0 Å². The van der Waals surface area contributed by atoms with E-state index in [4.69, 9.17) is 14.2 Å². The van der Waals surface area contributed by atoms with Crippen LogP contribution in [-0.4, -0.2) is 41.7 Å². The molecule has 0 saturated heterocycles. The summed E-state index contributed by atoms with van der Waals surface area (Å²) in [7, 11) is -10.1. The van der Waals surface area contributed by atoms with Crippen LogP contribution in [0.1, 0.15) is 6.92 Å². The fourth-order valence-electron chi connectivity index (χ4n) is 0.296. The second-order valence-electron chi connectivity index (χ2n) is 2.24.